The fourth-order valence-electron chi connectivity index (χ4n) is 2.52. The average Bonchev–Trinajstić information content (AvgIpc) is 2.40. The van der Waals surface area contributed by atoms with Crippen molar-refractivity contribution in [2.45, 2.75) is 49.5 Å². The first-order valence-electron chi connectivity index (χ1n) is 6.53. The first kappa shape index (κ1) is 13.6. The van der Waals surface area contributed by atoms with Crippen molar-refractivity contribution in [3.63, 3.8) is 0 Å². The van der Waals surface area contributed by atoms with E-state index in [0.717, 1.165) is 25.7 Å². The number of hydrogen-bond donors (Lipinski definition) is 1. The van der Waals surface area contributed by atoms with Crippen LogP contribution in [0.25, 0.3) is 0 Å². The van der Waals surface area contributed by atoms with Crippen LogP contribution in [-0.4, -0.2) is 25.4 Å². The number of hydrogen-bond acceptors (Lipinski definition) is 3. The highest BCUT2D eigenvalue weighted by molar-refractivity contribution is 7.91. The molecular formula is C14H20O3S. The van der Waals surface area contributed by atoms with Crippen molar-refractivity contribution in [2.24, 2.45) is 0 Å². The zero-order valence-corrected chi connectivity index (χ0v) is 11.5. The van der Waals surface area contributed by atoms with Gasteiger partial charge in [0.25, 0.3) is 0 Å². The van der Waals surface area contributed by atoms with Gasteiger partial charge in [0.2, 0.25) is 0 Å². The van der Waals surface area contributed by atoms with Crippen LogP contribution in [0.4, 0.5) is 0 Å². The lowest BCUT2D eigenvalue weighted by molar-refractivity contribution is 0.122. The summed E-state index contributed by atoms with van der Waals surface area (Å²) >= 11 is 0. The van der Waals surface area contributed by atoms with E-state index < -0.39 is 9.84 Å². The van der Waals surface area contributed by atoms with Gasteiger partial charge < -0.3 is 5.11 Å². The summed E-state index contributed by atoms with van der Waals surface area (Å²) in [6, 6.07) is 7.26. The highest BCUT2D eigenvalue weighted by Gasteiger charge is 2.21. The molecule has 1 aliphatic carbocycles. The monoisotopic (exact) mass is 268 g/mol. The molecule has 1 aromatic rings. The Bertz CT molecular complexity index is 482. The maximum absolute atomic E-state index is 11.7. The molecule has 1 saturated carbocycles. The molecule has 1 aliphatic rings. The third-order valence-corrected chi connectivity index (χ3v) is 5.54. The molecule has 0 aliphatic heterocycles. The van der Waals surface area contributed by atoms with E-state index in [4.69, 9.17) is 0 Å². The molecule has 0 atom stereocenters. The lowest BCUT2D eigenvalue weighted by atomic mass is 9.83. The van der Waals surface area contributed by atoms with Gasteiger partial charge in [-0.25, -0.2) is 8.42 Å². The predicted molar refractivity (Wildman–Crippen MR) is 71.4 cm³/mol. The highest BCUT2D eigenvalue weighted by Crippen LogP contribution is 2.33. The van der Waals surface area contributed by atoms with Crippen molar-refractivity contribution in [2.75, 3.05) is 5.75 Å². The van der Waals surface area contributed by atoms with Crippen molar-refractivity contribution < 1.29 is 13.5 Å². The molecule has 0 bridgehead atoms. The van der Waals surface area contributed by atoms with Crippen LogP contribution in [0.3, 0.4) is 0 Å². The largest absolute Gasteiger partial charge is 0.393 e. The zero-order chi connectivity index (χ0) is 13.2. The Morgan fingerprint density at radius 1 is 1.11 bits per heavy atom. The Kier molecular flexibility index (Phi) is 4.07. The Morgan fingerprint density at radius 3 is 2.17 bits per heavy atom. The number of benzene rings is 1. The Labute approximate surface area is 109 Å². The van der Waals surface area contributed by atoms with E-state index in [0.29, 0.717) is 10.8 Å². The third-order valence-electron chi connectivity index (χ3n) is 3.79. The average molecular weight is 268 g/mol. The van der Waals surface area contributed by atoms with Gasteiger partial charge in [-0.05, 0) is 49.3 Å². The molecule has 2 rings (SSSR count). The van der Waals surface area contributed by atoms with Crippen LogP contribution in [0.2, 0.25) is 0 Å². The van der Waals surface area contributed by atoms with Crippen molar-refractivity contribution in [3.05, 3.63) is 29.8 Å². The molecule has 1 fully saturated rings. The fourth-order valence-corrected chi connectivity index (χ4v) is 3.41. The summed E-state index contributed by atoms with van der Waals surface area (Å²) in [5.41, 5.74) is 1.19. The number of aliphatic hydroxyl groups is 1. The Morgan fingerprint density at radius 2 is 1.67 bits per heavy atom. The predicted octanol–water partition coefficient (Wildman–Crippen LogP) is 2.50. The van der Waals surface area contributed by atoms with E-state index in [1.165, 1.54) is 5.56 Å². The Balaban J connectivity index is 2.13. The third kappa shape index (κ3) is 2.93. The maximum Gasteiger partial charge on any atom is 0.178 e. The molecule has 0 unspecified atom stereocenters. The summed E-state index contributed by atoms with van der Waals surface area (Å²) in [5, 5.41) is 9.48. The minimum Gasteiger partial charge on any atom is -0.393 e. The smallest absolute Gasteiger partial charge is 0.178 e. The van der Waals surface area contributed by atoms with Gasteiger partial charge in [-0.1, -0.05) is 19.1 Å². The van der Waals surface area contributed by atoms with Crippen molar-refractivity contribution in [1.82, 2.24) is 0 Å². The summed E-state index contributed by atoms with van der Waals surface area (Å²) in [5.74, 6) is 0.605. The second kappa shape index (κ2) is 5.41. The van der Waals surface area contributed by atoms with Crippen LogP contribution in [0.5, 0.6) is 0 Å². The van der Waals surface area contributed by atoms with Crippen LogP contribution in [0.1, 0.15) is 44.1 Å². The molecule has 3 nitrogen and oxygen atoms in total. The molecule has 0 saturated heterocycles. The van der Waals surface area contributed by atoms with Crippen molar-refractivity contribution in [1.29, 1.82) is 0 Å². The van der Waals surface area contributed by atoms with Crippen LogP contribution in [-0.2, 0) is 9.84 Å². The SMILES string of the molecule is CCS(=O)(=O)c1ccc(C2CCC(O)CC2)cc1. The van der Waals surface area contributed by atoms with Gasteiger partial charge in [-0.3, -0.25) is 0 Å². The minimum atomic E-state index is -3.09. The molecule has 100 valence electrons. The topological polar surface area (TPSA) is 54.4 Å². The number of rotatable bonds is 3. The van der Waals surface area contributed by atoms with Crippen LogP contribution >= 0.6 is 0 Å². The second-order valence-corrected chi connectivity index (χ2v) is 7.26. The van der Waals surface area contributed by atoms with E-state index in [1.54, 1.807) is 19.1 Å². The van der Waals surface area contributed by atoms with Crippen LogP contribution in [0, 0.1) is 0 Å². The lowest BCUT2D eigenvalue weighted by Crippen LogP contribution is -2.17. The van der Waals surface area contributed by atoms with Gasteiger partial charge in [0, 0.05) is 0 Å². The Hall–Kier alpha value is -0.870. The van der Waals surface area contributed by atoms with E-state index in [2.05, 4.69) is 0 Å². The van der Waals surface area contributed by atoms with Gasteiger partial charge in [-0.15, -0.1) is 0 Å². The van der Waals surface area contributed by atoms with Crippen molar-refractivity contribution >= 4 is 9.84 Å². The fraction of sp³-hybridized carbons (Fsp3) is 0.571. The second-order valence-electron chi connectivity index (χ2n) is 4.98. The summed E-state index contributed by atoms with van der Waals surface area (Å²) in [4.78, 5) is 0.407. The van der Waals surface area contributed by atoms with E-state index in [-0.39, 0.29) is 11.9 Å². The van der Waals surface area contributed by atoms with Crippen LogP contribution in [0.15, 0.2) is 29.2 Å². The summed E-state index contributed by atoms with van der Waals surface area (Å²) < 4.78 is 23.4. The van der Waals surface area contributed by atoms with Gasteiger partial charge in [-0.2, -0.15) is 0 Å². The van der Waals surface area contributed by atoms with E-state index >= 15 is 0 Å². The van der Waals surface area contributed by atoms with Gasteiger partial charge >= 0.3 is 0 Å². The van der Waals surface area contributed by atoms with Gasteiger partial charge in [0.1, 0.15) is 0 Å². The molecule has 4 heteroatoms. The first-order valence-corrected chi connectivity index (χ1v) is 8.19. The molecule has 0 aromatic heterocycles. The standard InChI is InChI=1S/C14H20O3S/c1-2-18(16,17)14-9-5-12(6-10-14)11-3-7-13(15)8-4-11/h5-6,9-11,13,15H,2-4,7-8H2,1H3. The maximum atomic E-state index is 11.7. The number of aliphatic hydroxyl groups excluding tert-OH is 1. The van der Waals surface area contributed by atoms with Crippen molar-refractivity contribution in [3.8, 4) is 0 Å². The van der Waals surface area contributed by atoms with E-state index in [9.17, 15) is 13.5 Å². The lowest BCUT2D eigenvalue weighted by Gasteiger charge is -2.25. The summed E-state index contributed by atoms with van der Waals surface area (Å²) in [6.45, 7) is 1.66. The van der Waals surface area contributed by atoms with Gasteiger partial charge in [0.05, 0.1) is 16.8 Å². The minimum absolute atomic E-state index is 0.141. The molecule has 0 amide bonds. The summed E-state index contributed by atoms with van der Waals surface area (Å²) in [6.07, 6.45) is 3.52. The van der Waals surface area contributed by atoms with Crippen LogP contribution < -0.4 is 0 Å². The molecule has 0 radical (unpaired) electrons. The molecule has 18 heavy (non-hydrogen) atoms. The van der Waals surface area contributed by atoms with E-state index in [1.807, 2.05) is 12.1 Å². The summed E-state index contributed by atoms with van der Waals surface area (Å²) in [7, 11) is -3.09. The normalized spacial score (nSPS) is 25.0. The molecule has 0 spiro atoms. The molecular weight excluding hydrogens is 248 g/mol. The number of sulfone groups is 1. The molecule has 1 aromatic carbocycles. The zero-order valence-electron chi connectivity index (χ0n) is 10.7. The quantitative estimate of drug-likeness (QED) is 0.916. The van der Waals surface area contributed by atoms with Gasteiger partial charge in [0.15, 0.2) is 9.84 Å². The highest BCUT2D eigenvalue weighted by atomic mass is 32.2. The molecule has 0 heterocycles. The first-order chi connectivity index (χ1) is 8.53. The molecule has 1 N–H and O–H groups in total.